The lowest BCUT2D eigenvalue weighted by Gasteiger charge is -2.31. The van der Waals surface area contributed by atoms with Gasteiger partial charge in [-0.3, -0.25) is 4.79 Å². The van der Waals surface area contributed by atoms with Crippen molar-refractivity contribution in [2.75, 3.05) is 25.0 Å². The summed E-state index contributed by atoms with van der Waals surface area (Å²) in [5, 5.41) is 2.30. The number of morpholine rings is 1. The Morgan fingerprint density at radius 3 is 2.40 bits per heavy atom. The van der Waals surface area contributed by atoms with Gasteiger partial charge in [-0.1, -0.05) is 6.07 Å². The third-order valence-corrected chi connectivity index (χ3v) is 3.25. The van der Waals surface area contributed by atoms with Crippen LogP contribution in [-0.4, -0.2) is 37.7 Å². The molecule has 0 aliphatic carbocycles. The molecular weight excluding hydrogens is 266 g/mol. The molecule has 3 atom stereocenters. The van der Waals surface area contributed by atoms with Gasteiger partial charge in [0, 0.05) is 0 Å². The molecule has 6 heteroatoms. The van der Waals surface area contributed by atoms with Gasteiger partial charge in [0.25, 0.3) is 5.91 Å². The van der Waals surface area contributed by atoms with Crippen molar-refractivity contribution < 1.29 is 23.2 Å². The normalized spacial score (nSPS) is 26.3. The maximum Gasteiger partial charge on any atom is 0.279 e. The van der Waals surface area contributed by atoms with Crippen LogP contribution in [0.15, 0.2) is 18.2 Å². The zero-order valence-corrected chi connectivity index (χ0v) is 11.6. The molecule has 1 aromatic carbocycles. The second-order valence-electron chi connectivity index (χ2n) is 5.24. The van der Waals surface area contributed by atoms with Gasteiger partial charge in [-0.15, -0.1) is 0 Å². The van der Waals surface area contributed by atoms with Gasteiger partial charge in [-0.2, -0.15) is 0 Å². The van der Waals surface area contributed by atoms with Crippen molar-refractivity contribution in [3.8, 4) is 0 Å². The first-order chi connectivity index (χ1) is 9.45. The second-order valence-corrected chi connectivity index (χ2v) is 5.24. The number of benzene rings is 1. The zero-order valence-electron chi connectivity index (χ0n) is 11.6. The van der Waals surface area contributed by atoms with Gasteiger partial charge in [0.2, 0.25) is 0 Å². The smallest absolute Gasteiger partial charge is 0.279 e. The summed E-state index contributed by atoms with van der Waals surface area (Å²) in [5.41, 5.74) is -0.383. The minimum atomic E-state index is -0.767. The summed E-state index contributed by atoms with van der Waals surface area (Å²) in [6, 6.07) is 3.49. The lowest BCUT2D eigenvalue weighted by molar-refractivity contribution is -0.907. The van der Waals surface area contributed by atoms with Crippen LogP contribution in [0.1, 0.15) is 13.8 Å². The number of para-hydroxylation sites is 1. The summed E-state index contributed by atoms with van der Waals surface area (Å²) in [6.45, 7) is 5.48. The Hall–Kier alpha value is -1.53. The Morgan fingerprint density at radius 2 is 1.85 bits per heavy atom. The average molecular weight is 285 g/mol. The first-order valence-electron chi connectivity index (χ1n) is 6.68. The number of amides is 1. The highest BCUT2D eigenvalue weighted by Gasteiger charge is 2.27. The number of hydrogen-bond acceptors (Lipinski definition) is 2. The van der Waals surface area contributed by atoms with E-state index in [1.165, 1.54) is 6.07 Å². The summed E-state index contributed by atoms with van der Waals surface area (Å²) >= 11 is 0. The van der Waals surface area contributed by atoms with Crippen LogP contribution < -0.4 is 10.2 Å². The molecule has 1 heterocycles. The van der Waals surface area contributed by atoms with Crippen LogP contribution in [0.5, 0.6) is 0 Å². The van der Waals surface area contributed by atoms with E-state index >= 15 is 0 Å². The topological polar surface area (TPSA) is 42.8 Å². The van der Waals surface area contributed by atoms with Crippen molar-refractivity contribution in [3.05, 3.63) is 29.8 Å². The van der Waals surface area contributed by atoms with Crippen LogP contribution in [0.25, 0.3) is 0 Å². The van der Waals surface area contributed by atoms with Crippen LogP contribution >= 0.6 is 0 Å². The van der Waals surface area contributed by atoms with Gasteiger partial charge in [0.05, 0.1) is 0 Å². The van der Waals surface area contributed by atoms with Crippen LogP contribution in [0.2, 0.25) is 0 Å². The van der Waals surface area contributed by atoms with Crippen LogP contribution in [0.3, 0.4) is 0 Å². The van der Waals surface area contributed by atoms with Crippen molar-refractivity contribution in [2.24, 2.45) is 0 Å². The van der Waals surface area contributed by atoms with Gasteiger partial charge >= 0.3 is 0 Å². The quantitative estimate of drug-likeness (QED) is 0.854. The lowest BCUT2D eigenvalue weighted by atomic mass is 10.2. The van der Waals surface area contributed by atoms with Gasteiger partial charge in [0.1, 0.15) is 42.6 Å². The molecule has 1 aromatic rings. The molecule has 0 spiro atoms. The lowest BCUT2D eigenvalue weighted by Crippen LogP contribution is -3.16. The Bertz CT molecular complexity index is 466. The molecule has 0 bridgehead atoms. The number of hydrogen-bond donors (Lipinski definition) is 2. The number of rotatable bonds is 3. The van der Waals surface area contributed by atoms with E-state index < -0.39 is 17.5 Å². The monoisotopic (exact) mass is 285 g/mol. The molecule has 0 aromatic heterocycles. The fourth-order valence-corrected chi connectivity index (χ4v) is 2.56. The summed E-state index contributed by atoms with van der Waals surface area (Å²) in [5.74, 6) is -1.93. The molecule has 1 saturated heterocycles. The van der Waals surface area contributed by atoms with E-state index in [1.54, 1.807) is 0 Å². The molecule has 4 nitrogen and oxygen atoms in total. The maximum absolute atomic E-state index is 13.4. The summed E-state index contributed by atoms with van der Waals surface area (Å²) in [7, 11) is 0. The molecule has 1 amide bonds. The van der Waals surface area contributed by atoms with Crippen molar-refractivity contribution in [2.45, 2.75) is 26.1 Å². The highest BCUT2D eigenvalue weighted by Crippen LogP contribution is 2.17. The number of nitrogens with one attached hydrogen (secondary N) is 2. The number of halogens is 2. The van der Waals surface area contributed by atoms with Crippen molar-refractivity contribution in [3.63, 3.8) is 0 Å². The van der Waals surface area contributed by atoms with Gasteiger partial charge < -0.3 is 15.0 Å². The van der Waals surface area contributed by atoms with E-state index in [0.29, 0.717) is 13.1 Å². The Morgan fingerprint density at radius 1 is 1.30 bits per heavy atom. The first kappa shape index (κ1) is 14.9. The molecule has 1 aliphatic heterocycles. The van der Waals surface area contributed by atoms with Crippen molar-refractivity contribution >= 4 is 11.6 Å². The van der Waals surface area contributed by atoms with Crippen molar-refractivity contribution in [1.82, 2.24) is 0 Å². The predicted molar refractivity (Wildman–Crippen MR) is 70.6 cm³/mol. The average Bonchev–Trinajstić information content (AvgIpc) is 2.32. The Kier molecular flexibility index (Phi) is 4.67. The van der Waals surface area contributed by atoms with E-state index in [4.69, 9.17) is 4.74 Å². The third kappa shape index (κ3) is 3.74. The summed E-state index contributed by atoms with van der Waals surface area (Å²) in [4.78, 5) is 12.9. The molecule has 2 N–H and O–H groups in total. The number of carbonyl (C=O) groups excluding carboxylic acids is 1. The fraction of sp³-hybridized carbons (Fsp3) is 0.500. The predicted octanol–water partition coefficient (Wildman–Crippen LogP) is 0.595. The summed E-state index contributed by atoms with van der Waals surface area (Å²) in [6.07, 6.45) is 0.151. The minimum Gasteiger partial charge on any atom is -0.364 e. The number of anilines is 1. The SMILES string of the molecule is C[C@@H]1C[NH+](CC(=O)Nc2c(F)cccc2F)C[C@H](C)O1. The highest BCUT2D eigenvalue weighted by atomic mass is 19.1. The standard InChI is InChI=1S/C14H18F2N2O2/c1-9-6-18(7-10(2)20-9)8-13(19)17-14-11(15)4-3-5-12(14)16/h3-5,9-10H,6-8H2,1-2H3,(H,17,19)/p+1/t9-,10+. The second kappa shape index (κ2) is 6.28. The van der Waals surface area contributed by atoms with E-state index in [9.17, 15) is 13.6 Å². The van der Waals surface area contributed by atoms with Gasteiger partial charge in [-0.05, 0) is 26.0 Å². The van der Waals surface area contributed by atoms with Crippen molar-refractivity contribution in [1.29, 1.82) is 0 Å². The van der Waals surface area contributed by atoms with Crippen LogP contribution in [-0.2, 0) is 9.53 Å². The molecular formula is C14H19F2N2O2+. The molecule has 0 saturated carbocycles. The molecule has 1 fully saturated rings. The molecule has 0 radical (unpaired) electrons. The molecule has 1 aliphatic rings. The fourth-order valence-electron chi connectivity index (χ4n) is 2.56. The van der Waals surface area contributed by atoms with E-state index in [-0.39, 0.29) is 24.4 Å². The maximum atomic E-state index is 13.4. The number of quaternary nitrogens is 1. The first-order valence-corrected chi connectivity index (χ1v) is 6.68. The van der Waals surface area contributed by atoms with Crippen LogP contribution in [0, 0.1) is 11.6 Å². The number of ether oxygens (including phenoxy) is 1. The third-order valence-electron chi connectivity index (χ3n) is 3.25. The number of carbonyl (C=O) groups is 1. The van der Waals surface area contributed by atoms with Crippen LogP contribution in [0.4, 0.5) is 14.5 Å². The summed E-state index contributed by atoms with van der Waals surface area (Å²) < 4.78 is 32.4. The van der Waals surface area contributed by atoms with Gasteiger partial charge in [0.15, 0.2) is 6.54 Å². The van der Waals surface area contributed by atoms with E-state index in [0.717, 1.165) is 17.0 Å². The van der Waals surface area contributed by atoms with E-state index in [2.05, 4.69) is 5.32 Å². The molecule has 20 heavy (non-hydrogen) atoms. The molecule has 1 unspecified atom stereocenters. The van der Waals surface area contributed by atoms with E-state index in [1.807, 2.05) is 13.8 Å². The molecule has 110 valence electrons. The Balaban J connectivity index is 1.95. The zero-order chi connectivity index (χ0) is 14.7. The molecule has 2 rings (SSSR count). The highest BCUT2D eigenvalue weighted by molar-refractivity contribution is 5.91. The Labute approximate surface area is 116 Å². The van der Waals surface area contributed by atoms with Gasteiger partial charge in [-0.25, -0.2) is 8.78 Å². The minimum absolute atomic E-state index is 0.0757. The largest absolute Gasteiger partial charge is 0.364 e.